The van der Waals surface area contributed by atoms with Crippen LogP contribution in [0.25, 0.3) is 0 Å². The molecule has 0 atom stereocenters. The van der Waals surface area contributed by atoms with Crippen LogP contribution in [0, 0.1) is 0 Å². The molecule has 4 N–H and O–H groups in total. The van der Waals surface area contributed by atoms with E-state index in [0.717, 1.165) is 6.07 Å². The van der Waals surface area contributed by atoms with Gasteiger partial charge < -0.3 is 5.73 Å². The molecule has 1 heterocycles. The molecule has 2 aromatic rings. The summed E-state index contributed by atoms with van der Waals surface area (Å²) in [7, 11) is -3.93. The summed E-state index contributed by atoms with van der Waals surface area (Å²) in [6.45, 7) is 0. The van der Waals surface area contributed by atoms with Gasteiger partial charge in [-0.25, -0.2) is 13.5 Å². The number of hydrogen-bond donors (Lipinski definition) is 3. The minimum Gasteiger partial charge on any atom is -0.398 e. The van der Waals surface area contributed by atoms with Crippen LogP contribution in [0.15, 0.2) is 42.9 Å². The first-order valence-corrected chi connectivity index (χ1v) is 8.19. The number of aromatic nitrogens is 2. The molecule has 106 valence electrons. The fourth-order valence-corrected chi connectivity index (χ4v) is 4.53. The maximum Gasteiger partial charge on any atom is 0.266 e. The quantitative estimate of drug-likeness (QED) is 0.649. The third-order valence-corrected chi connectivity index (χ3v) is 5.04. The highest BCUT2D eigenvalue weighted by molar-refractivity contribution is 9.11. The van der Waals surface area contributed by atoms with Crippen LogP contribution in [0.1, 0.15) is 0 Å². The van der Waals surface area contributed by atoms with Gasteiger partial charge in [0.1, 0.15) is 4.90 Å². The van der Waals surface area contributed by atoms with Gasteiger partial charge in [0.2, 0.25) is 0 Å². The molecule has 10 heteroatoms. The van der Waals surface area contributed by atoms with E-state index < -0.39 is 15.6 Å². The van der Waals surface area contributed by atoms with E-state index in [1.54, 1.807) is 6.07 Å². The lowest BCUT2D eigenvalue weighted by Gasteiger charge is -2.11. The molecule has 7 nitrogen and oxygen atoms in total. The van der Waals surface area contributed by atoms with Gasteiger partial charge in [0, 0.05) is 15.0 Å². The van der Waals surface area contributed by atoms with Gasteiger partial charge in [0.05, 0.1) is 5.69 Å². The van der Waals surface area contributed by atoms with Crippen molar-refractivity contribution in [2.45, 2.75) is 4.90 Å². The molecule has 0 unspecified atom stereocenters. The standard InChI is InChI=1S/C10H8Br2N4O3S/c11-5-3-6(12)10(7(13)4-5)20(18,19)16-8-1-2-9(17)15-14-8/h1-4H,13H2,(H,14,16)(H,15,17). The van der Waals surface area contributed by atoms with E-state index in [1.807, 2.05) is 0 Å². The fraction of sp³-hybridized carbons (Fsp3) is 0. The molecule has 0 saturated heterocycles. The van der Waals surface area contributed by atoms with Crippen LogP contribution in [0.5, 0.6) is 0 Å². The van der Waals surface area contributed by atoms with Crippen molar-refractivity contribution < 1.29 is 8.42 Å². The molecule has 0 spiro atoms. The van der Waals surface area contributed by atoms with Crippen LogP contribution >= 0.6 is 31.9 Å². The van der Waals surface area contributed by atoms with E-state index in [9.17, 15) is 13.2 Å². The molecule has 20 heavy (non-hydrogen) atoms. The number of rotatable bonds is 3. The fourth-order valence-electron chi connectivity index (χ4n) is 1.45. The number of halogens is 2. The molecule has 0 radical (unpaired) electrons. The van der Waals surface area contributed by atoms with Gasteiger partial charge in [-0.3, -0.25) is 9.52 Å². The second-order valence-corrected chi connectivity index (χ2v) is 7.11. The Labute approximate surface area is 130 Å². The van der Waals surface area contributed by atoms with E-state index in [2.05, 4.69) is 46.8 Å². The summed E-state index contributed by atoms with van der Waals surface area (Å²) in [5.41, 5.74) is 5.37. The third-order valence-electron chi connectivity index (χ3n) is 2.22. The van der Waals surface area contributed by atoms with Crippen LogP contribution in [0.4, 0.5) is 11.5 Å². The number of nitrogens with one attached hydrogen (secondary N) is 2. The van der Waals surface area contributed by atoms with Crippen molar-refractivity contribution in [3.63, 3.8) is 0 Å². The van der Waals surface area contributed by atoms with Crippen LogP contribution in [-0.2, 0) is 10.0 Å². The molecule has 2 rings (SSSR count). The monoisotopic (exact) mass is 422 g/mol. The van der Waals surface area contributed by atoms with Crippen LogP contribution in [0.3, 0.4) is 0 Å². The number of aromatic amines is 1. The maximum atomic E-state index is 12.3. The molecular weight excluding hydrogens is 416 g/mol. The SMILES string of the molecule is Nc1cc(Br)cc(Br)c1S(=O)(=O)Nc1ccc(=O)[nH]n1. The normalized spacial score (nSPS) is 11.3. The van der Waals surface area contributed by atoms with Gasteiger partial charge in [-0.1, -0.05) is 15.9 Å². The lowest BCUT2D eigenvalue weighted by molar-refractivity contribution is 0.601. The number of H-pyrrole nitrogens is 1. The van der Waals surface area contributed by atoms with Gasteiger partial charge in [-0.2, -0.15) is 5.10 Å². The van der Waals surface area contributed by atoms with Gasteiger partial charge in [-0.05, 0) is 34.1 Å². The first-order chi connectivity index (χ1) is 9.29. The average Bonchev–Trinajstić information content (AvgIpc) is 2.30. The third kappa shape index (κ3) is 3.19. The summed E-state index contributed by atoms with van der Waals surface area (Å²) in [5.74, 6) is -0.0150. The topological polar surface area (TPSA) is 118 Å². The van der Waals surface area contributed by atoms with E-state index in [4.69, 9.17) is 5.73 Å². The van der Waals surface area contributed by atoms with Gasteiger partial charge in [0.25, 0.3) is 15.6 Å². The Balaban J connectivity index is 2.46. The Kier molecular flexibility index (Phi) is 4.16. The highest BCUT2D eigenvalue weighted by Gasteiger charge is 2.22. The Hall–Kier alpha value is -1.39. The zero-order valence-electron chi connectivity index (χ0n) is 9.72. The molecular formula is C10H8Br2N4O3S. The van der Waals surface area contributed by atoms with E-state index in [1.165, 1.54) is 12.1 Å². The molecule has 0 aliphatic rings. The Bertz CT molecular complexity index is 776. The summed E-state index contributed by atoms with van der Waals surface area (Å²) in [6.07, 6.45) is 0. The molecule has 1 aromatic carbocycles. The number of nitrogens with zero attached hydrogens (tertiary/aromatic N) is 1. The smallest absolute Gasteiger partial charge is 0.266 e. The molecule has 1 aromatic heterocycles. The molecule has 0 aliphatic heterocycles. The Morgan fingerprint density at radius 1 is 1.25 bits per heavy atom. The second-order valence-electron chi connectivity index (χ2n) is 3.72. The van der Waals surface area contributed by atoms with Gasteiger partial charge >= 0.3 is 0 Å². The predicted molar refractivity (Wildman–Crippen MR) is 81.9 cm³/mol. The number of nitrogens with two attached hydrogens (primary N) is 1. The van der Waals surface area contributed by atoms with Crippen molar-refractivity contribution in [2.24, 2.45) is 0 Å². The minimum absolute atomic E-state index is 0.0150. The lowest BCUT2D eigenvalue weighted by atomic mass is 10.3. The van der Waals surface area contributed by atoms with Crippen molar-refractivity contribution in [2.75, 3.05) is 10.5 Å². The zero-order chi connectivity index (χ0) is 14.9. The highest BCUT2D eigenvalue weighted by Crippen LogP contribution is 2.32. The summed E-state index contributed by atoms with van der Waals surface area (Å²) >= 11 is 6.36. The van der Waals surface area contributed by atoms with E-state index >= 15 is 0 Å². The molecule has 0 amide bonds. The van der Waals surface area contributed by atoms with Crippen molar-refractivity contribution in [1.29, 1.82) is 0 Å². The molecule has 0 bridgehead atoms. The van der Waals surface area contributed by atoms with Gasteiger partial charge in [0.15, 0.2) is 5.82 Å². The number of nitrogen functional groups attached to an aromatic ring is 1. The maximum absolute atomic E-state index is 12.3. The lowest BCUT2D eigenvalue weighted by Crippen LogP contribution is -2.18. The first-order valence-electron chi connectivity index (χ1n) is 5.12. The number of hydrogen-bond acceptors (Lipinski definition) is 5. The van der Waals surface area contributed by atoms with Crippen molar-refractivity contribution in [3.05, 3.63) is 43.6 Å². The molecule has 0 saturated carbocycles. The average molecular weight is 424 g/mol. The van der Waals surface area contributed by atoms with E-state index in [0.29, 0.717) is 8.95 Å². The zero-order valence-corrected chi connectivity index (χ0v) is 13.7. The van der Waals surface area contributed by atoms with Crippen molar-refractivity contribution in [1.82, 2.24) is 10.2 Å². The summed E-state index contributed by atoms with van der Waals surface area (Å²) in [4.78, 5) is 10.8. The molecule has 0 fully saturated rings. The van der Waals surface area contributed by atoms with Crippen LogP contribution in [0.2, 0.25) is 0 Å². The summed E-state index contributed by atoms with van der Waals surface area (Å²) < 4.78 is 27.7. The number of sulfonamides is 1. The summed E-state index contributed by atoms with van der Waals surface area (Å²) in [6, 6.07) is 5.44. The minimum atomic E-state index is -3.93. The second kappa shape index (κ2) is 5.54. The Morgan fingerprint density at radius 2 is 1.95 bits per heavy atom. The number of benzene rings is 1. The first kappa shape index (κ1) is 15.0. The van der Waals surface area contributed by atoms with Crippen LogP contribution in [-0.4, -0.2) is 18.6 Å². The van der Waals surface area contributed by atoms with Crippen molar-refractivity contribution >= 4 is 53.4 Å². The molecule has 0 aliphatic carbocycles. The van der Waals surface area contributed by atoms with E-state index in [-0.39, 0.29) is 16.4 Å². The largest absolute Gasteiger partial charge is 0.398 e. The number of anilines is 2. The predicted octanol–water partition coefficient (Wildman–Crippen LogP) is 1.68. The van der Waals surface area contributed by atoms with Crippen molar-refractivity contribution in [3.8, 4) is 0 Å². The van der Waals surface area contributed by atoms with Gasteiger partial charge in [-0.15, -0.1) is 0 Å². The highest BCUT2D eigenvalue weighted by atomic mass is 79.9. The van der Waals surface area contributed by atoms with Crippen LogP contribution < -0.4 is 16.0 Å². The Morgan fingerprint density at radius 3 is 2.50 bits per heavy atom. The summed E-state index contributed by atoms with van der Waals surface area (Å²) in [5, 5.41) is 5.70.